The van der Waals surface area contributed by atoms with Gasteiger partial charge in [-0.25, -0.2) is 0 Å². The molecule has 1 aliphatic carbocycles. The molecule has 108 valence electrons. The van der Waals surface area contributed by atoms with Crippen LogP contribution in [-0.2, 0) is 11.4 Å². The number of hydrogen-bond donors (Lipinski definition) is 1. The number of ether oxygens (including phenoxy) is 1. The number of nitrogens with one attached hydrogen (secondary N) is 1. The van der Waals surface area contributed by atoms with Gasteiger partial charge in [0.1, 0.15) is 12.4 Å². The van der Waals surface area contributed by atoms with Crippen LogP contribution in [0.4, 0.5) is 0 Å². The van der Waals surface area contributed by atoms with Crippen LogP contribution in [-0.4, -0.2) is 13.0 Å². The monoisotopic (exact) mass is 281 g/mol. The highest BCUT2D eigenvalue weighted by Gasteiger charge is 2.43. The molecule has 0 saturated heterocycles. The molecule has 3 rings (SSSR count). The van der Waals surface area contributed by atoms with Gasteiger partial charge in [-0.2, -0.15) is 0 Å². The topological polar surface area (TPSA) is 38.3 Å². The van der Waals surface area contributed by atoms with Crippen LogP contribution in [0.25, 0.3) is 0 Å². The van der Waals surface area contributed by atoms with Crippen molar-refractivity contribution in [2.75, 3.05) is 7.05 Å². The summed E-state index contributed by atoms with van der Waals surface area (Å²) in [5, 5.41) is 2.71. The molecule has 0 spiro atoms. The minimum atomic E-state index is 0.143. The Morgan fingerprint density at radius 3 is 2.52 bits per heavy atom. The molecular formula is C18H19NO2. The number of carbonyl (C=O) groups excluding carboxylic acids is 1. The third kappa shape index (κ3) is 3.24. The van der Waals surface area contributed by atoms with Gasteiger partial charge in [0.25, 0.3) is 0 Å². The second kappa shape index (κ2) is 6.00. The van der Waals surface area contributed by atoms with Gasteiger partial charge in [-0.15, -0.1) is 0 Å². The van der Waals surface area contributed by atoms with Crippen molar-refractivity contribution in [1.82, 2.24) is 5.32 Å². The minimum absolute atomic E-state index is 0.143. The third-order valence-electron chi connectivity index (χ3n) is 3.93. The number of hydrogen-bond acceptors (Lipinski definition) is 2. The van der Waals surface area contributed by atoms with Crippen molar-refractivity contribution in [3.05, 3.63) is 65.7 Å². The van der Waals surface area contributed by atoms with Gasteiger partial charge in [0.05, 0.1) is 0 Å². The highest BCUT2D eigenvalue weighted by molar-refractivity contribution is 5.82. The van der Waals surface area contributed by atoms with Crippen molar-refractivity contribution in [2.24, 2.45) is 5.92 Å². The number of amides is 1. The Balaban J connectivity index is 1.57. The van der Waals surface area contributed by atoms with Gasteiger partial charge in [0.2, 0.25) is 5.91 Å². The molecule has 0 aromatic heterocycles. The van der Waals surface area contributed by atoms with Gasteiger partial charge in [-0.1, -0.05) is 42.5 Å². The standard InChI is InChI=1S/C18H19NO2/c1-19-18(20)17-11-16(17)14-7-9-15(10-8-14)21-12-13-5-3-2-4-6-13/h2-10,16-17H,11-12H2,1H3,(H,19,20). The van der Waals surface area contributed by atoms with E-state index < -0.39 is 0 Å². The van der Waals surface area contributed by atoms with Gasteiger partial charge >= 0.3 is 0 Å². The summed E-state index contributed by atoms with van der Waals surface area (Å²) in [4.78, 5) is 11.5. The van der Waals surface area contributed by atoms with E-state index in [2.05, 4.69) is 17.4 Å². The lowest BCUT2D eigenvalue weighted by atomic mass is 10.1. The van der Waals surface area contributed by atoms with Crippen molar-refractivity contribution in [3.8, 4) is 5.75 Å². The molecule has 2 aromatic carbocycles. The Kier molecular flexibility index (Phi) is 3.91. The average Bonchev–Trinajstić information content (AvgIpc) is 3.34. The summed E-state index contributed by atoms with van der Waals surface area (Å²) < 4.78 is 5.76. The van der Waals surface area contributed by atoms with Crippen molar-refractivity contribution < 1.29 is 9.53 Å². The lowest BCUT2D eigenvalue weighted by Gasteiger charge is -2.07. The first-order valence-corrected chi connectivity index (χ1v) is 7.26. The predicted octanol–water partition coefficient (Wildman–Crippen LogP) is 3.12. The molecule has 1 aliphatic rings. The Morgan fingerprint density at radius 1 is 1.14 bits per heavy atom. The molecule has 1 fully saturated rings. The first-order chi connectivity index (χ1) is 10.3. The number of benzene rings is 2. The maximum atomic E-state index is 11.5. The van der Waals surface area contributed by atoms with E-state index in [0.29, 0.717) is 12.5 Å². The van der Waals surface area contributed by atoms with E-state index in [9.17, 15) is 4.79 Å². The summed E-state index contributed by atoms with van der Waals surface area (Å²) in [7, 11) is 1.69. The van der Waals surface area contributed by atoms with E-state index in [1.807, 2.05) is 42.5 Å². The SMILES string of the molecule is CNC(=O)C1CC1c1ccc(OCc2ccccc2)cc1. The van der Waals surface area contributed by atoms with Gasteiger partial charge in [0.15, 0.2) is 0 Å². The minimum Gasteiger partial charge on any atom is -0.489 e. The van der Waals surface area contributed by atoms with Gasteiger partial charge in [0, 0.05) is 13.0 Å². The number of rotatable bonds is 5. The van der Waals surface area contributed by atoms with Crippen LogP contribution in [0.2, 0.25) is 0 Å². The molecule has 2 atom stereocenters. The lowest BCUT2D eigenvalue weighted by molar-refractivity contribution is -0.121. The second-order valence-corrected chi connectivity index (χ2v) is 5.41. The van der Waals surface area contributed by atoms with E-state index in [1.54, 1.807) is 7.05 Å². The van der Waals surface area contributed by atoms with Crippen LogP contribution in [0.15, 0.2) is 54.6 Å². The number of carbonyl (C=O) groups is 1. The van der Waals surface area contributed by atoms with E-state index in [-0.39, 0.29) is 11.8 Å². The Labute approximate surface area is 124 Å². The fourth-order valence-electron chi connectivity index (χ4n) is 2.59. The molecule has 1 N–H and O–H groups in total. The summed E-state index contributed by atoms with van der Waals surface area (Å²) in [6.45, 7) is 0.574. The molecule has 3 nitrogen and oxygen atoms in total. The smallest absolute Gasteiger partial charge is 0.223 e. The molecule has 0 radical (unpaired) electrons. The van der Waals surface area contributed by atoms with Crippen LogP contribution in [0.1, 0.15) is 23.5 Å². The summed E-state index contributed by atoms with van der Waals surface area (Å²) >= 11 is 0. The van der Waals surface area contributed by atoms with E-state index in [0.717, 1.165) is 17.7 Å². The van der Waals surface area contributed by atoms with Crippen LogP contribution in [0, 0.1) is 5.92 Å². The zero-order chi connectivity index (χ0) is 14.7. The van der Waals surface area contributed by atoms with E-state index in [1.165, 1.54) is 5.56 Å². The van der Waals surface area contributed by atoms with Crippen LogP contribution < -0.4 is 10.1 Å². The zero-order valence-electron chi connectivity index (χ0n) is 12.1. The molecular weight excluding hydrogens is 262 g/mol. The van der Waals surface area contributed by atoms with Crippen LogP contribution in [0.3, 0.4) is 0 Å². The zero-order valence-corrected chi connectivity index (χ0v) is 12.1. The molecule has 21 heavy (non-hydrogen) atoms. The molecule has 1 saturated carbocycles. The van der Waals surface area contributed by atoms with E-state index in [4.69, 9.17) is 4.74 Å². The van der Waals surface area contributed by atoms with Gasteiger partial charge in [-0.05, 0) is 35.6 Å². The third-order valence-corrected chi connectivity index (χ3v) is 3.93. The average molecular weight is 281 g/mol. The first-order valence-electron chi connectivity index (χ1n) is 7.26. The predicted molar refractivity (Wildman–Crippen MR) is 82.1 cm³/mol. The normalized spacial score (nSPS) is 19.9. The Bertz CT molecular complexity index is 607. The Hall–Kier alpha value is -2.29. The molecule has 0 heterocycles. The summed E-state index contributed by atoms with van der Waals surface area (Å²) in [5.74, 6) is 1.52. The fraction of sp³-hybridized carbons (Fsp3) is 0.278. The molecule has 2 aromatic rings. The summed E-state index contributed by atoms with van der Waals surface area (Å²) in [6.07, 6.45) is 0.948. The van der Waals surface area contributed by atoms with Crippen molar-refractivity contribution in [3.63, 3.8) is 0 Å². The second-order valence-electron chi connectivity index (χ2n) is 5.41. The quantitative estimate of drug-likeness (QED) is 0.914. The van der Waals surface area contributed by atoms with Crippen molar-refractivity contribution in [1.29, 1.82) is 0 Å². The van der Waals surface area contributed by atoms with Crippen molar-refractivity contribution >= 4 is 5.91 Å². The molecule has 2 unspecified atom stereocenters. The molecule has 3 heteroatoms. The summed E-state index contributed by atoms with van der Waals surface area (Å²) in [5.41, 5.74) is 2.37. The molecule has 0 aliphatic heterocycles. The van der Waals surface area contributed by atoms with Gasteiger partial charge < -0.3 is 10.1 Å². The lowest BCUT2D eigenvalue weighted by Crippen LogP contribution is -2.20. The Morgan fingerprint density at radius 2 is 1.86 bits per heavy atom. The highest BCUT2D eigenvalue weighted by Crippen LogP contribution is 2.47. The van der Waals surface area contributed by atoms with Gasteiger partial charge in [-0.3, -0.25) is 4.79 Å². The van der Waals surface area contributed by atoms with Crippen LogP contribution in [0.5, 0.6) is 5.75 Å². The maximum Gasteiger partial charge on any atom is 0.223 e. The van der Waals surface area contributed by atoms with E-state index >= 15 is 0 Å². The fourth-order valence-corrected chi connectivity index (χ4v) is 2.59. The molecule has 1 amide bonds. The van der Waals surface area contributed by atoms with Crippen molar-refractivity contribution in [2.45, 2.75) is 18.9 Å². The first kappa shape index (κ1) is 13.7. The highest BCUT2D eigenvalue weighted by atomic mass is 16.5. The summed E-state index contributed by atoms with van der Waals surface area (Å²) in [6, 6.07) is 18.2. The molecule has 0 bridgehead atoms. The van der Waals surface area contributed by atoms with Crippen LogP contribution >= 0.6 is 0 Å². The maximum absolute atomic E-state index is 11.5. The largest absolute Gasteiger partial charge is 0.489 e.